The van der Waals surface area contributed by atoms with Crippen LogP contribution >= 0.6 is 0 Å². The first kappa shape index (κ1) is 14.1. The number of rotatable bonds is 5. The highest BCUT2D eigenvalue weighted by Crippen LogP contribution is 2.16. The van der Waals surface area contributed by atoms with Crippen LogP contribution in [0.2, 0.25) is 0 Å². The highest BCUT2D eigenvalue weighted by Gasteiger charge is 2.10. The minimum atomic E-state index is -0.242. The number of carbonyl (C=O) groups is 1. The molecule has 1 amide bonds. The van der Waals surface area contributed by atoms with Crippen molar-refractivity contribution in [1.29, 1.82) is 0 Å². The molecule has 2 rings (SSSR count). The SMILES string of the molecule is COCCn1cc(NC(=O)c2ccc(C)cc2N)cn1. The van der Waals surface area contributed by atoms with Crippen LogP contribution in [0.15, 0.2) is 30.6 Å². The van der Waals surface area contributed by atoms with E-state index in [1.165, 1.54) is 0 Å². The average Bonchev–Trinajstić information content (AvgIpc) is 2.83. The Hall–Kier alpha value is -2.34. The number of aromatic nitrogens is 2. The van der Waals surface area contributed by atoms with Gasteiger partial charge in [0.05, 0.1) is 30.6 Å². The van der Waals surface area contributed by atoms with Crippen LogP contribution in [0.1, 0.15) is 15.9 Å². The van der Waals surface area contributed by atoms with Crippen molar-refractivity contribution in [3.63, 3.8) is 0 Å². The van der Waals surface area contributed by atoms with Crippen LogP contribution in [0.4, 0.5) is 11.4 Å². The van der Waals surface area contributed by atoms with E-state index in [4.69, 9.17) is 10.5 Å². The van der Waals surface area contributed by atoms with E-state index in [2.05, 4.69) is 10.4 Å². The summed E-state index contributed by atoms with van der Waals surface area (Å²) in [5, 5.41) is 6.90. The summed E-state index contributed by atoms with van der Waals surface area (Å²) in [4.78, 5) is 12.1. The zero-order valence-electron chi connectivity index (χ0n) is 11.6. The second-order valence-electron chi connectivity index (χ2n) is 4.53. The monoisotopic (exact) mass is 274 g/mol. The molecule has 106 valence electrons. The molecule has 0 radical (unpaired) electrons. The zero-order chi connectivity index (χ0) is 14.5. The van der Waals surface area contributed by atoms with Crippen molar-refractivity contribution >= 4 is 17.3 Å². The number of hydrogen-bond acceptors (Lipinski definition) is 4. The maximum Gasteiger partial charge on any atom is 0.257 e. The Kier molecular flexibility index (Phi) is 4.37. The Morgan fingerprint density at radius 2 is 2.30 bits per heavy atom. The van der Waals surface area contributed by atoms with Crippen LogP contribution in [0.5, 0.6) is 0 Å². The van der Waals surface area contributed by atoms with Gasteiger partial charge in [0.2, 0.25) is 0 Å². The van der Waals surface area contributed by atoms with Crippen molar-refractivity contribution < 1.29 is 9.53 Å². The number of amides is 1. The van der Waals surface area contributed by atoms with E-state index >= 15 is 0 Å². The van der Waals surface area contributed by atoms with Crippen molar-refractivity contribution in [3.05, 3.63) is 41.7 Å². The molecular weight excluding hydrogens is 256 g/mol. The predicted molar refractivity (Wildman–Crippen MR) is 77.6 cm³/mol. The van der Waals surface area contributed by atoms with Crippen LogP contribution in [0.25, 0.3) is 0 Å². The van der Waals surface area contributed by atoms with Gasteiger partial charge >= 0.3 is 0 Å². The number of nitrogens with zero attached hydrogens (tertiary/aromatic N) is 2. The minimum Gasteiger partial charge on any atom is -0.398 e. The fourth-order valence-corrected chi connectivity index (χ4v) is 1.82. The van der Waals surface area contributed by atoms with Crippen molar-refractivity contribution in [2.45, 2.75) is 13.5 Å². The van der Waals surface area contributed by atoms with Crippen LogP contribution < -0.4 is 11.1 Å². The zero-order valence-corrected chi connectivity index (χ0v) is 11.6. The van der Waals surface area contributed by atoms with Gasteiger partial charge in [0.25, 0.3) is 5.91 Å². The molecule has 0 spiro atoms. The van der Waals surface area contributed by atoms with E-state index in [0.29, 0.717) is 30.1 Å². The third-order valence-electron chi connectivity index (χ3n) is 2.87. The first-order valence-corrected chi connectivity index (χ1v) is 6.29. The number of hydrogen-bond donors (Lipinski definition) is 2. The van der Waals surface area contributed by atoms with Crippen molar-refractivity contribution in [2.75, 3.05) is 24.8 Å². The number of benzene rings is 1. The van der Waals surface area contributed by atoms with Gasteiger partial charge in [-0.25, -0.2) is 0 Å². The fraction of sp³-hybridized carbons (Fsp3) is 0.286. The molecule has 6 heteroatoms. The fourth-order valence-electron chi connectivity index (χ4n) is 1.82. The summed E-state index contributed by atoms with van der Waals surface area (Å²) < 4.78 is 6.67. The van der Waals surface area contributed by atoms with Gasteiger partial charge in [0.1, 0.15) is 0 Å². The summed E-state index contributed by atoms with van der Waals surface area (Å²) in [5.41, 5.74) is 8.42. The van der Waals surface area contributed by atoms with E-state index in [1.807, 2.05) is 13.0 Å². The van der Waals surface area contributed by atoms with Crippen LogP contribution in [0.3, 0.4) is 0 Å². The quantitative estimate of drug-likeness (QED) is 0.813. The van der Waals surface area contributed by atoms with Crippen LogP contribution in [-0.2, 0) is 11.3 Å². The van der Waals surface area contributed by atoms with E-state index in [1.54, 1.807) is 36.3 Å². The molecule has 2 aromatic rings. The predicted octanol–water partition coefficient (Wildman–Crippen LogP) is 1.67. The number of nitrogens with two attached hydrogens (primary N) is 1. The minimum absolute atomic E-state index is 0.242. The molecule has 0 bridgehead atoms. The molecule has 0 aliphatic carbocycles. The van der Waals surface area contributed by atoms with Gasteiger partial charge in [-0.2, -0.15) is 5.10 Å². The third kappa shape index (κ3) is 3.36. The topological polar surface area (TPSA) is 82.2 Å². The Labute approximate surface area is 117 Å². The molecular formula is C14H18N4O2. The Bertz CT molecular complexity index is 607. The first-order valence-electron chi connectivity index (χ1n) is 6.29. The number of carbonyl (C=O) groups excluding carboxylic acids is 1. The molecule has 0 unspecified atom stereocenters. The second kappa shape index (κ2) is 6.21. The molecule has 6 nitrogen and oxygen atoms in total. The summed E-state index contributed by atoms with van der Waals surface area (Å²) in [6.45, 7) is 3.14. The van der Waals surface area contributed by atoms with Crippen LogP contribution in [0, 0.1) is 6.92 Å². The third-order valence-corrected chi connectivity index (χ3v) is 2.87. The molecule has 1 aromatic carbocycles. The number of nitrogen functional groups attached to an aromatic ring is 1. The van der Waals surface area contributed by atoms with Gasteiger partial charge in [-0.05, 0) is 24.6 Å². The van der Waals surface area contributed by atoms with Gasteiger partial charge in [-0.15, -0.1) is 0 Å². The first-order chi connectivity index (χ1) is 9.60. The van der Waals surface area contributed by atoms with E-state index in [-0.39, 0.29) is 5.91 Å². The molecule has 1 aromatic heterocycles. The normalized spacial score (nSPS) is 10.5. The molecule has 0 atom stereocenters. The maximum absolute atomic E-state index is 12.1. The summed E-state index contributed by atoms with van der Waals surface area (Å²) in [6, 6.07) is 5.35. The van der Waals surface area contributed by atoms with Crippen molar-refractivity contribution in [1.82, 2.24) is 9.78 Å². The molecule has 3 N–H and O–H groups in total. The number of nitrogens with one attached hydrogen (secondary N) is 1. The standard InChI is InChI=1S/C14H18N4O2/c1-10-3-4-12(13(15)7-10)14(19)17-11-8-16-18(9-11)5-6-20-2/h3-4,7-9H,5-6,15H2,1-2H3,(H,17,19). The van der Waals surface area contributed by atoms with E-state index in [9.17, 15) is 4.79 Å². The van der Waals surface area contributed by atoms with E-state index < -0.39 is 0 Å². The largest absolute Gasteiger partial charge is 0.398 e. The van der Waals surface area contributed by atoms with E-state index in [0.717, 1.165) is 5.56 Å². The number of aryl methyl sites for hydroxylation is 1. The Balaban J connectivity index is 2.05. The lowest BCUT2D eigenvalue weighted by molar-refractivity contribution is 0.102. The second-order valence-corrected chi connectivity index (χ2v) is 4.53. The summed E-state index contributed by atoms with van der Waals surface area (Å²) in [7, 11) is 1.63. The van der Waals surface area contributed by atoms with Crippen molar-refractivity contribution in [2.24, 2.45) is 0 Å². The van der Waals surface area contributed by atoms with Gasteiger partial charge in [-0.3, -0.25) is 9.48 Å². The molecule has 0 fully saturated rings. The highest BCUT2D eigenvalue weighted by molar-refractivity contribution is 6.07. The molecule has 0 aliphatic rings. The van der Waals surface area contributed by atoms with Crippen molar-refractivity contribution in [3.8, 4) is 0 Å². The summed E-state index contributed by atoms with van der Waals surface area (Å²) in [6.07, 6.45) is 3.35. The molecule has 1 heterocycles. The number of ether oxygens (including phenoxy) is 1. The molecule has 20 heavy (non-hydrogen) atoms. The van der Waals surface area contributed by atoms with Gasteiger partial charge in [-0.1, -0.05) is 6.07 Å². The lowest BCUT2D eigenvalue weighted by atomic mass is 10.1. The molecule has 0 aliphatic heterocycles. The van der Waals surface area contributed by atoms with Crippen LogP contribution in [-0.4, -0.2) is 29.4 Å². The van der Waals surface area contributed by atoms with Gasteiger partial charge in [0, 0.05) is 19.0 Å². The highest BCUT2D eigenvalue weighted by atomic mass is 16.5. The summed E-state index contributed by atoms with van der Waals surface area (Å²) in [5.74, 6) is -0.242. The number of anilines is 2. The van der Waals surface area contributed by atoms with Gasteiger partial charge < -0.3 is 15.8 Å². The number of methoxy groups -OCH3 is 1. The Morgan fingerprint density at radius 1 is 1.50 bits per heavy atom. The molecule has 0 saturated carbocycles. The molecule has 0 saturated heterocycles. The lowest BCUT2D eigenvalue weighted by Gasteiger charge is -2.06. The maximum atomic E-state index is 12.1. The lowest BCUT2D eigenvalue weighted by Crippen LogP contribution is -2.13. The average molecular weight is 274 g/mol. The Morgan fingerprint density at radius 3 is 3.00 bits per heavy atom. The van der Waals surface area contributed by atoms with Gasteiger partial charge in [0.15, 0.2) is 0 Å². The smallest absolute Gasteiger partial charge is 0.257 e. The summed E-state index contributed by atoms with van der Waals surface area (Å²) >= 11 is 0.